The fraction of sp³-hybridized carbons (Fsp3) is 0.417. The highest BCUT2D eigenvalue weighted by molar-refractivity contribution is 5.89. The number of rotatable bonds is 4. The van der Waals surface area contributed by atoms with Gasteiger partial charge in [-0.3, -0.25) is 0 Å². The SMILES string of the molecule is CCOCOC(=O)c1cc(C)cc(C)c1. The first-order valence-corrected chi connectivity index (χ1v) is 4.96. The van der Waals surface area contributed by atoms with E-state index in [1.165, 1.54) is 0 Å². The van der Waals surface area contributed by atoms with Crippen LogP contribution in [-0.4, -0.2) is 19.4 Å². The topological polar surface area (TPSA) is 35.5 Å². The fourth-order valence-corrected chi connectivity index (χ4v) is 1.35. The fourth-order valence-electron chi connectivity index (χ4n) is 1.35. The molecule has 0 aromatic heterocycles. The number of esters is 1. The van der Waals surface area contributed by atoms with Crippen molar-refractivity contribution < 1.29 is 14.3 Å². The maximum atomic E-state index is 11.5. The Balaban J connectivity index is 2.65. The maximum absolute atomic E-state index is 11.5. The monoisotopic (exact) mass is 208 g/mol. The number of benzene rings is 1. The van der Waals surface area contributed by atoms with Crippen LogP contribution in [0.4, 0.5) is 0 Å². The van der Waals surface area contributed by atoms with E-state index in [0.717, 1.165) is 11.1 Å². The van der Waals surface area contributed by atoms with Gasteiger partial charge >= 0.3 is 5.97 Å². The van der Waals surface area contributed by atoms with Crippen molar-refractivity contribution in [3.8, 4) is 0 Å². The molecule has 0 unspecified atom stereocenters. The molecule has 0 bridgehead atoms. The standard InChI is InChI=1S/C12H16O3/c1-4-14-8-15-12(13)11-6-9(2)5-10(3)7-11/h5-7H,4,8H2,1-3H3. The molecule has 15 heavy (non-hydrogen) atoms. The molecule has 3 heteroatoms. The summed E-state index contributed by atoms with van der Waals surface area (Å²) in [6.07, 6.45) is 0. The van der Waals surface area contributed by atoms with Crippen molar-refractivity contribution in [1.29, 1.82) is 0 Å². The summed E-state index contributed by atoms with van der Waals surface area (Å²) in [5.41, 5.74) is 2.68. The molecule has 0 N–H and O–H groups in total. The first-order valence-electron chi connectivity index (χ1n) is 4.96. The molecule has 0 aliphatic rings. The molecule has 1 aromatic carbocycles. The van der Waals surface area contributed by atoms with E-state index in [-0.39, 0.29) is 12.8 Å². The molecule has 0 spiro atoms. The number of aryl methyl sites for hydroxylation is 2. The molecule has 0 aliphatic carbocycles. The van der Waals surface area contributed by atoms with Gasteiger partial charge in [-0.1, -0.05) is 17.2 Å². The lowest BCUT2D eigenvalue weighted by atomic mass is 10.1. The zero-order chi connectivity index (χ0) is 11.3. The van der Waals surface area contributed by atoms with E-state index in [2.05, 4.69) is 0 Å². The lowest BCUT2D eigenvalue weighted by molar-refractivity contribution is -0.0274. The van der Waals surface area contributed by atoms with Crippen molar-refractivity contribution in [2.75, 3.05) is 13.4 Å². The third-order valence-corrected chi connectivity index (χ3v) is 1.93. The second-order valence-electron chi connectivity index (χ2n) is 3.42. The highest BCUT2D eigenvalue weighted by atomic mass is 16.7. The van der Waals surface area contributed by atoms with E-state index in [4.69, 9.17) is 9.47 Å². The maximum Gasteiger partial charge on any atom is 0.340 e. The molecule has 1 rings (SSSR count). The Kier molecular flexibility index (Phi) is 4.31. The third-order valence-electron chi connectivity index (χ3n) is 1.93. The average Bonchev–Trinajstić information content (AvgIpc) is 2.16. The van der Waals surface area contributed by atoms with Gasteiger partial charge in [0.1, 0.15) is 0 Å². The zero-order valence-electron chi connectivity index (χ0n) is 9.37. The molecule has 0 radical (unpaired) electrons. The molecule has 0 atom stereocenters. The van der Waals surface area contributed by atoms with Crippen molar-refractivity contribution in [2.45, 2.75) is 20.8 Å². The predicted octanol–water partition coefficient (Wildman–Crippen LogP) is 2.45. The van der Waals surface area contributed by atoms with Crippen molar-refractivity contribution in [3.05, 3.63) is 34.9 Å². The Bertz CT molecular complexity index is 324. The summed E-state index contributed by atoms with van der Waals surface area (Å²) in [6.45, 7) is 6.31. The molecule has 0 saturated heterocycles. The van der Waals surface area contributed by atoms with E-state index in [0.29, 0.717) is 12.2 Å². The Morgan fingerprint density at radius 2 is 1.80 bits per heavy atom. The van der Waals surface area contributed by atoms with Crippen LogP contribution in [-0.2, 0) is 9.47 Å². The average molecular weight is 208 g/mol. The van der Waals surface area contributed by atoms with Crippen molar-refractivity contribution in [3.63, 3.8) is 0 Å². The molecule has 0 fully saturated rings. The van der Waals surface area contributed by atoms with Gasteiger partial charge in [-0.25, -0.2) is 4.79 Å². The molecular weight excluding hydrogens is 192 g/mol. The van der Waals surface area contributed by atoms with Gasteiger partial charge < -0.3 is 9.47 Å². The number of hydrogen-bond donors (Lipinski definition) is 0. The Morgan fingerprint density at radius 1 is 1.20 bits per heavy atom. The summed E-state index contributed by atoms with van der Waals surface area (Å²) in [5.74, 6) is -0.338. The molecule has 0 heterocycles. The lowest BCUT2D eigenvalue weighted by Crippen LogP contribution is -2.09. The van der Waals surface area contributed by atoms with E-state index < -0.39 is 0 Å². The minimum absolute atomic E-state index is 0.0162. The van der Waals surface area contributed by atoms with Gasteiger partial charge in [-0.2, -0.15) is 0 Å². The van der Waals surface area contributed by atoms with Crippen molar-refractivity contribution >= 4 is 5.97 Å². The molecule has 3 nitrogen and oxygen atoms in total. The summed E-state index contributed by atoms with van der Waals surface area (Å²) in [6, 6.07) is 5.63. The second kappa shape index (κ2) is 5.51. The highest BCUT2D eigenvalue weighted by Gasteiger charge is 2.07. The first-order chi connectivity index (χ1) is 7.13. The van der Waals surface area contributed by atoms with E-state index in [9.17, 15) is 4.79 Å². The summed E-state index contributed by atoms with van der Waals surface area (Å²) in [5, 5.41) is 0. The molecule has 82 valence electrons. The van der Waals surface area contributed by atoms with Crippen molar-refractivity contribution in [2.24, 2.45) is 0 Å². The van der Waals surface area contributed by atoms with Gasteiger partial charge in [0.2, 0.25) is 0 Å². The summed E-state index contributed by atoms with van der Waals surface area (Å²) in [7, 11) is 0. The van der Waals surface area contributed by atoms with E-state index in [1.54, 1.807) is 12.1 Å². The van der Waals surface area contributed by atoms with Gasteiger partial charge in [0.15, 0.2) is 6.79 Å². The zero-order valence-corrected chi connectivity index (χ0v) is 9.37. The molecule has 0 aliphatic heterocycles. The van der Waals surface area contributed by atoms with E-state index in [1.807, 2.05) is 26.8 Å². The van der Waals surface area contributed by atoms with Crippen LogP contribution in [0.2, 0.25) is 0 Å². The van der Waals surface area contributed by atoms with Crippen LogP contribution < -0.4 is 0 Å². The van der Waals surface area contributed by atoms with Gasteiger partial charge in [0.05, 0.1) is 5.56 Å². The quantitative estimate of drug-likeness (QED) is 0.433. The Hall–Kier alpha value is -1.35. The minimum atomic E-state index is -0.338. The largest absolute Gasteiger partial charge is 0.435 e. The summed E-state index contributed by atoms with van der Waals surface area (Å²) in [4.78, 5) is 11.5. The van der Waals surface area contributed by atoms with Gasteiger partial charge in [-0.05, 0) is 32.9 Å². The normalized spacial score (nSPS) is 10.1. The highest BCUT2D eigenvalue weighted by Crippen LogP contribution is 2.09. The Morgan fingerprint density at radius 3 is 2.33 bits per heavy atom. The van der Waals surface area contributed by atoms with Crippen LogP contribution in [0.1, 0.15) is 28.4 Å². The predicted molar refractivity (Wildman–Crippen MR) is 57.8 cm³/mol. The molecule has 1 aromatic rings. The first kappa shape index (κ1) is 11.7. The van der Waals surface area contributed by atoms with Crippen LogP contribution in [0.3, 0.4) is 0 Å². The third kappa shape index (κ3) is 3.72. The van der Waals surface area contributed by atoms with Crippen LogP contribution >= 0.6 is 0 Å². The lowest BCUT2D eigenvalue weighted by Gasteiger charge is -2.06. The van der Waals surface area contributed by atoms with Gasteiger partial charge in [0.25, 0.3) is 0 Å². The second-order valence-corrected chi connectivity index (χ2v) is 3.42. The number of hydrogen-bond acceptors (Lipinski definition) is 3. The minimum Gasteiger partial charge on any atom is -0.435 e. The summed E-state index contributed by atoms with van der Waals surface area (Å²) < 4.78 is 9.86. The van der Waals surface area contributed by atoms with Gasteiger partial charge in [0, 0.05) is 6.61 Å². The molecule has 0 amide bonds. The number of carbonyl (C=O) groups excluding carboxylic acids is 1. The number of carbonyl (C=O) groups is 1. The van der Waals surface area contributed by atoms with Crippen LogP contribution in [0.5, 0.6) is 0 Å². The number of ether oxygens (including phenoxy) is 2. The van der Waals surface area contributed by atoms with Crippen LogP contribution in [0, 0.1) is 13.8 Å². The van der Waals surface area contributed by atoms with E-state index >= 15 is 0 Å². The van der Waals surface area contributed by atoms with Gasteiger partial charge in [-0.15, -0.1) is 0 Å². The molecule has 0 saturated carbocycles. The Labute approximate surface area is 90.0 Å². The molecular formula is C12H16O3. The smallest absolute Gasteiger partial charge is 0.340 e. The van der Waals surface area contributed by atoms with Crippen LogP contribution in [0.25, 0.3) is 0 Å². The van der Waals surface area contributed by atoms with Crippen LogP contribution in [0.15, 0.2) is 18.2 Å². The van der Waals surface area contributed by atoms with Crippen molar-refractivity contribution in [1.82, 2.24) is 0 Å². The summed E-state index contributed by atoms with van der Waals surface area (Å²) >= 11 is 0.